The van der Waals surface area contributed by atoms with Crippen LogP contribution in [0.25, 0.3) is 0 Å². The predicted molar refractivity (Wildman–Crippen MR) is 118 cm³/mol. The second-order valence-electron chi connectivity index (χ2n) is 6.66. The van der Waals surface area contributed by atoms with Crippen LogP contribution >= 0.6 is 11.6 Å². The average Bonchev–Trinajstić information content (AvgIpc) is 2.70. The van der Waals surface area contributed by atoms with E-state index in [1.54, 1.807) is 18.2 Å². The Morgan fingerprint density at radius 3 is 2.43 bits per heavy atom. The van der Waals surface area contributed by atoms with Crippen LogP contribution < -0.4 is 10.0 Å². The Morgan fingerprint density at radius 1 is 1.03 bits per heavy atom. The van der Waals surface area contributed by atoms with Crippen molar-refractivity contribution in [1.82, 2.24) is 0 Å². The Morgan fingerprint density at radius 2 is 1.77 bits per heavy atom. The van der Waals surface area contributed by atoms with E-state index in [1.807, 2.05) is 37.3 Å². The fourth-order valence-corrected chi connectivity index (χ4v) is 4.29. The highest BCUT2D eigenvalue weighted by atomic mass is 35.5. The van der Waals surface area contributed by atoms with E-state index in [-0.39, 0.29) is 22.2 Å². The van der Waals surface area contributed by atoms with Crippen molar-refractivity contribution in [2.45, 2.75) is 24.2 Å². The second kappa shape index (κ2) is 9.19. The molecule has 3 rings (SSSR count). The molecule has 0 saturated carbocycles. The molecule has 0 aromatic heterocycles. The molecule has 0 saturated heterocycles. The Hall–Kier alpha value is -3.03. The molecule has 6 nitrogen and oxygen atoms in total. The van der Waals surface area contributed by atoms with E-state index in [2.05, 4.69) is 10.0 Å². The third-order valence-corrected chi connectivity index (χ3v) is 6.15. The van der Waals surface area contributed by atoms with Crippen molar-refractivity contribution in [3.05, 3.63) is 83.4 Å². The van der Waals surface area contributed by atoms with Crippen LogP contribution in [0.2, 0.25) is 5.02 Å². The van der Waals surface area contributed by atoms with Crippen molar-refractivity contribution >= 4 is 38.9 Å². The predicted octanol–water partition coefficient (Wildman–Crippen LogP) is 4.98. The molecule has 0 aliphatic carbocycles. The third-order valence-electron chi connectivity index (χ3n) is 4.54. The van der Waals surface area contributed by atoms with Crippen LogP contribution in [0.3, 0.4) is 0 Å². The van der Waals surface area contributed by atoms with Crippen LogP contribution in [0.15, 0.2) is 77.7 Å². The van der Waals surface area contributed by atoms with Gasteiger partial charge >= 0.3 is 0 Å². The lowest BCUT2D eigenvalue weighted by atomic mass is 9.95. The number of rotatable bonds is 7. The maximum Gasteiger partial charge on any atom is 0.261 e. The first-order valence-corrected chi connectivity index (χ1v) is 11.1. The van der Waals surface area contributed by atoms with Gasteiger partial charge in [0.05, 0.1) is 22.2 Å². The number of amides is 1. The molecule has 3 N–H and O–H groups in total. The smallest absolute Gasteiger partial charge is 0.261 e. The molecule has 30 heavy (non-hydrogen) atoms. The normalized spacial score (nSPS) is 12.2. The molecule has 3 aromatic carbocycles. The number of carbonyl (C=O) groups excluding carboxylic acids is 1. The quantitative estimate of drug-likeness (QED) is 0.448. The van der Waals surface area contributed by atoms with E-state index in [4.69, 9.17) is 11.6 Å². The van der Waals surface area contributed by atoms with E-state index in [1.165, 1.54) is 24.3 Å². The van der Waals surface area contributed by atoms with Gasteiger partial charge in [0.25, 0.3) is 10.0 Å². The zero-order chi connectivity index (χ0) is 21.7. The molecule has 1 atom stereocenters. The summed E-state index contributed by atoms with van der Waals surface area (Å²) in [5, 5.41) is 13.2. The summed E-state index contributed by atoms with van der Waals surface area (Å²) in [4.78, 5) is 12.7. The minimum absolute atomic E-state index is 0.0170. The summed E-state index contributed by atoms with van der Waals surface area (Å²) in [6, 6.07) is 19.3. The molecule has 3 aromatic rings. The highest BCUT2D eigenvalue weighted by Crippen LogP contribution is 2.30. The number of hydrogen-bond acceptors (Lipinski definition) is 4. The maximum atomic E-state index is 12.8. The van der Waals surface area contributed by atoms with Crippen LogP contribution in [0.5, 0.6) is 5.75 Å². The van der Waals surface area contributed by atoms with Gasteiger partial charge in [-0.15, -0.1) is 0 Å². The molecule has 0 radical (unpaired) electrons. The van der Waals surface area contributed by atoms with Crippen LogP contribution in [-0.4, -0.2) is 19.4 Å². The van der Waals surface area contributed by atoms with Crippen LogP contribution in [0.1, 0.15) is 24.8 Å². The Balaban J connectivity index is 1.85. The summed E-state index contributed by atoms with van der Waals surface area (Å²) in [6.07, 6.45) is 0.547. The van der Waals surface area contributed by atoms with Crippen molar-refractivity contribution in [3.8, 4) is 5.75 Å². The van der Waals surface area contributed by atoms with Gasteiger partial charge in [-0.25, -0.2) is 8.42 Å². The van der Waals surface area contributed by atoms with Crippen LogP contribution in [-0.2, 0) is 14.8 Å². The molecule has 156 valence electrons. The minimum Gasteiger partial charge on any atom is -0.506 e. The van der Waals surface area contributed by atoms with Crippen LogP contribution in [0.4, 0.5) is 11.4 Å². The van der Waals surface area contributed by atoms with Crippen LogP contribution in [0, 0.1) is 0 Å². The lowest BCUT2D eigenvalue weighted by molar-refractivity contribution is -0.117. The van der Waals surface area contributed by atoms with E-state index < -0.39 is 15.9 Å². The van der Waals surface area contributed by atoms with E-state index in [0.29, 0.717) is 17.1 Å². The first-order valence-electron chi connectivity index (χ1n) is 9.27. The summed E-state index contributed by atoms with van der Waals surface area (Å²) in [5.74, 6) is -1.00. The van der Waals surface area contributed by atoms with Gasteiger partial charge in [-0.05, 0) is 48.4 Å². The molecular weight excluding hydrogens is 424 g/mol. The van der Waals surface area contributed by atoms with E-state index in [0.717, 1.165) is 5.56 Å². The fraction of sp³-hybridized carbons (Fsp3) is 0.136. The number of carbonyl (C=O) groups is 1. The summed E-state index contributed by atoms with van der Waals surface area (Å²) >= 11 is 5.90. The molecule has 0 spiro atoms. The number of phenols is 1. The highest BCUT2D eigenvalue weighted by molar-refractivity contribution is 7.92. The number of sulfonamides is 1. The summed E-state index contributed by atoms with van der Waals surface area (Å²) < 4.78 is 27.9. The number of halogens is 1. The monoisotopic (exact) mass is 444 g/mol. The number of anilines is 2. The largest absolute Gasteiger partial charge is 0.506 e. The van der Waals surface area contributed by atoms with Gasteiger partial charge in [-0.3, -0.25) is 9.52 Å². The van der Waals surface area contributed by atoms with Gasteiger partial charge in [-0.2, -0.15) is 0 Å². The molecule has 0 fully saturated rings. The zero-order valence-corrected chi connectivity index (χ0v) is 17.7. The van der Waals surface area contributed by atoms with Crippen molar-refractivity contribution in [2.75, 3.05) is 10.0 Å². The first-order chi connectivity index (χ1) is 14.3. The zero-order valence-electron chi connectivity index (χ0n) is 16.2. The second-order valence-corrected chi connectivity index (χ2v) is 8.77. The third kappa shape index (κ3) is 5.11. The standard InChI is InChI=1S/C22H21ClN2O4S/c1-2-19(15-7-4-3-5-8-15)22(27)24-20-14-18(11-12-21(20)26)30(28,29)25-17-10-6-9-16(23)13-17/h3-14,19,25-26H,2H2,1H3,(H,24,27). The topological polar surface area (TPSA) is 95.5 Å². The number of aromatic hydroxyl groups is 1. The Labute approximate surface area is 180 Å². The Bertz CT molecular complexity index is 1150. The first kappa shape index (κ1) is 21.7. The molecule has 0 bridgehead atoms. The minimum atomic E-state index is -3.95. The highest BCUT2D eigenvalue weighted by Gasteiger charge is 2.22. The van der Waals surface area contributed by atoms with Gasteiger partial charge in [0.15, 0.2) is 0 Å². The lowest BCUT2D eigenvalue weighted by Crippen LogP contribution is -2.21. The van der Waals surface area contributed by atoms with Gasteiger partial charge < -0.3 is 10.4 Å². The lowest BCUT2D eigenvalue weighted by Gasteiger charge is -2.17. The number of hydrogen-bond donors (Lipinski definition) is 3. The van der Waals surface area contributed by atoms with Gasteiger partial charge in [0, 0.05) is 5.02 Å². The molecule has 0 heterocycles. The fourth-order valence-electron chi connectivity index (χ4n) is 3.03. The van der Waals surface area contributed by atoms with Gasteiger partial charge in [-0.1, -0.05) is 54.9 Å². The molecule has 1 amide bonds. The van der Waals surface area contributed by atoms with Crippen molar-refractivity contribution in [3.63, 3.8) is 0 Å². The van der Waals surface area contributed by atoms with Gasteiger partial charge in [0.1, 0.15) is 5.75 Å². The molecule has 0 aliphatic rings. The van der Waals surface area contributed by atoms with Crippen molar-refractivity contribution in [2.24, 2.45) is 0 Å². The summed E-state index contributed by atoms with van der Waals surface area (Å²) in [6.45, 7) is 1.88. The van der Waals surface area contributed by atoms with Crippen molar-refractivity contribution < 1.29 is 18.3 Å². The number of benzene rings is 3. The molecular formula is C22H21ClN2O4S. The number of phenolic OH excluding ortho intramolecular Hbond substituents is 1. The summed E-state index contributed by atoms with van der Waals surface area (Å²) in [5.41, 5.74) is 1.16. The van der Waals surface area contributed by atoms with Gasteiger partial charge in [0.2, 0.25) is 5.91 Å². The summed E-state index contributed by atoms with van der Waals surface area (Å²) in [7, 11) is -3.95. The SMILES string of the molecule is CCC(C(=O)Nc1cc(S(=O)(=O)Nc2cccc(Cl)c2)ccc1O)c1ccccc1. The number of nitrogens with one attached hydrogen (secondary N) is 2. The van der Waals surface area contributed by atoms with Crippen molar-refractivity contribution in [1.29, 1.82) is 0 Å². The maximum absolute atomic E-state index is 12.8. The van der Waals surface area contributed by atoms with E-state index in [9.17, 15) is 18.3 Å². The molecule has 8 heteroatoms. The van der Waals surface area contributed by atoms with E-state index >= 15 is 0 Å². The molecule has 0 aliphatic heterocycles. The Kier molecular flexibility index (Phi) is 6.64. The average molecular weight is 445 g/mol. The molecule has 1 unspecified atom stereocenters.